The minimum atomic E-state index is 0.293. The van der Waals surface area contributed by atoms with Crippen LogP contribution < -0.4 is 0 Å². The molecule has 0 unspecified atom stereocenters. The number of imidazole rings is 1. The van der Waals surface area contributed by atoms with Crippen LogP contribution in [0.3, 0.4) is 0 Å². The van der Waals surface area contributed by atoms with Crippen LogP contribution in [0, 0.1) is 0 Å². The summed E-state index contributed by atoms with van der Waals surface area (Å²) in [5.74, 6) is 0. The number of rotatable bonds is 3. The number of hydrogen-bond donors (Lipinski definition) is 0. The standard InChI is InChI=1S/C17H17Cl2N3O/c1-2-21-12-23-10-6-9-14(22-11-20-16(18)17(22)19)15(21)13-7-4-3-5-8-13/h3-9,11H,2,10,12H2,1H3/b9-6-,15-14+. The van der Waals surface area contributed by atoms with Crippen LogP contribution in [0.1, 0.15) is 12.5 Å². The molecule has 0 saturated carbocycles. The van der Waals surface area contributed by atoms with Crippen LogP contribution in [-0.4, -0.2) is 34.3 Å². The minimum Gasteiger partial charge on any atom is -0.357 e. The molecule has 0 spiro atoms. The Labute approximate surface area is 145 Å². The van der Waals surface area contributed by atoms with Gasteiger partial charge in [0, 0.05) is 12.1 Å². The van der Waals surface area contributed by atoms with E-state index in [0.29, 0.717) is 23.6 Å². The van der Waals surface area contributed by atoms with E-state index in [-0.39, 0.29) is 0 Å². The van der Waals surface area contributed by atoms with E-state index in [2.05, 4.69) is 28.9 Å². The van der Waals surface area contributed by atoms with Gasteiger partial charge in [0.1, 0.15) is 13.1 Å². The van der Waals surface area contributed by atoms with Gasteiger partial charge in [-0.1, -0.05) is 59.6 Å². The lowest BCUT2D eigenvalue weighted by Crippen LogP contribution is -2.27. The monoisotopic (exact) mass is 349 g/mol. The Balaban J connectivity index is 2.26. The fourth-order valence-electron chi connectivity index (χ4n) is 2.55. The van der Waals surface area contributed by atoms with E-state index in [1.807, 2.05) is 30.4 Å². The van der Waals surface area contributed by atoms with Crippen molar-refractivity contribution >= 4 is 34.6 Å². The molecule has 2 heterocycles. The van der Waals surface area contributed by atoms with Gasteiger partial charge in [0.25, 0.3) is 0 Å². The number of benzene rings is 1. The summed E-state index contributed by atoms with van der Waals surface area (Å²) in [7, 11) is 0. The van der Waals surface area contributed by atoms with E-state index in [9.17, 15) is 0 Å². The first-order chi connectivity index (χ1) is 11.2. The third-order valence-electron chi connectivity index (χ3n) is 3.65. The normalized spacial score (nSPS) is 20.2. The Morgan fingerprint density at radius 3 is 2.65 bits per heavy atom. The molecule has 0 fully saturated rings. The van der Waals surface area contributed by atoms with Gasteiger partial charge in [-0.15, -0.1) is 0 Å². The molecule has 2 aromatic rings. The lowest BCUT2D eigenvalue weighted by atomic mass is 10.1. The number of halogens is 2. The summed E-state index contributed by atoms with van der Waals surface area (Å²) in [4.78, 5) is 6.27. The van der Waals surface area contributed by atoms with Crippen LogP contribution in [0.25, 0.3) is 11.4 Å². The lowest BCUT2D eigenvalue weighted by molar-refractivity contribution is 0.0805. The first kappa shape index (κ1) is 16.1. The molecule has 23 heavy (non-hydrogen) atoms. The summed E-state index contributed by atoms with van der Waals surface area (Å²) in [6.07, 6.45) is 5.60. The summed E-state index contributed by atoms with van der Waals surface area (Å²) < 4.78 is 7.47. The maximum Gasteiger partial charge on any atom is 0.166 e. The van der Waals surface area contributed by atoms with Crippen molar-refractivity contribution in [3.05, 3.63) is 64.7 Å². The third-order valence-corrected chi connectivity index (χ3v) is 4.39. The molecule has 0 N–H and O–H groups in total. The van der Waals surface area contributed by atoms with Gasteiger partial charge in [0.05, 0.1) is 18.0 Å². The molecule has 1 aromatic heterocycles. The first-order valence-corrected chi connectivity index (χ1v) is 8.15. The number of allylic oxidation sites excluding steroid dienone is 2. The fraction of sp³-hybridized carbons (Fsp3) is 0.235. The molecule has 4 nitrogen and oxygen atoms in total. The van der Waals surface area contributed by atoms with Gasteiger partial charge in [-0.05, 0) is 13.0 Å². The topological polar surface area (TPSA) is 30.3 Å². The molecule has 0 radical (unpaired) electrons. The van der Waals surface area contributed by atoms with Crippen LogP contribution in [0.15, 0.2) is 48.8 Å². The van der Waals surface area contributed by atoms with Crippen LogP contribution in [0.4, 0.5) is 0 Å². The summed E-state index contributed by atoms with van der Waals surface area (Å²) in [5.41, 5.74) is 3.03. The molecule has 1 aromatic carbocycles. The zero-order chi connectivity index (χ0) is 16.2. The van der Waals surface area contributed by atoms with Crippen molar-refractivity contribution in [3.63, 3.8) is 0 Å². The molecule has 6 heteroatoms. The fourth-order valence-corrected chi connectivity index (χ4v) is 2.86. The van der Waals surface area contributed by atoms with Crippen molar-refractivity contribution in [1.29, 1.82) is 0 Å². The van der Waals surface area contributed by atoms with E-state index in [1.165, 1.54) is 0 Å². The van der Waals surface area contributed by atoms with Crippen LogP contribution in [0.2, 0.25) is 10.3 Å². The Morgan fingerprint density at radius 1 is 1.22 bits per heavy atom. The van der Waals surface area contributed by atoms with Crippen molar-refractivity contribution in [2.45, 2.75) is 6.92 Å². The predicted octanol–water partition coefficient (Wildman–Crippen LogP) is 4.38. The third kappa shape index (κ3) is 3.29. The van der Waals surface area contributed by atoms with Gasteiger partial charge in [0.15, 0.2) is 10.3 Å². The van der Waals surface area contributed by atoms with Crippen molar-refractivity contribution in [3.8, 4) is 0 Å². The smallest absolute Gasteiger partial charge is 0.166 e. The second kappa shape index (κ2) is 7.21. The Bertz CT molecular complexity index is 738. The molecule has 120 valence electrons. The van der Waals surface area contributed by atoms with Crippen molar-refractivity contribution < 1.29 is 4.74 Å². The highest BCUT2D eigenvalue weighted by Crippen LogP contribution is 2.32. The summed E-state index contributed by atoms with van der Waals surface area (Å²) in [6.45, 7) is 3.95. The van der Waals surface area contributed by atoms with E-state index >= 15 is 0 Å². The molecule has 3 rings (SSSR count). The summed E-state index contributed by atoms with van der Waals surface area (Å²) in [6, 6.07) is 10.2. The van der Waals surface area contributed by atoms with Crippen molar-refractivity contribution in [1.82, 2.24) is 14.5 Å². The van der Waals surface area contributed by atoms with Gasteiger partial charge in [0.2, 0.25) is 0 Å². The average molecular weight is 350 g/mol. The molecular weight excluding hydrogens is 333 g/mol. The van der Waals surface area contributed by atoms with Gasteiger partial charge >= 0.3 is 0 Å². The maximum atomic E-state index is 6.33. The highest BCUT2D eigenvalue weighted by molar-refractivity contribution is 6.40. The van der Waals surface area contributed by atoms with E-state index in [4.69, 9.17) is 27.9 Å². The molecule has 1 aliphatic rings. The molecule has 0 atom stereocenters. The first-order valence-electron chi connectivity index (χ1n) is 7.40. The summed E-state index contributed by atoms with van der Waals surface area (Å²) >= 11 is 12.4. The van der Waals surface area contributed by atoms with Gasteiger partial charge < -0.3 is 9.64 Å². The van der Waals surface area contributed by atoms with Crippen LogP contribution >= 0.6 is 23.2 Å². The molecule has 0 saturated heterocycles. The van der Waals surface area contributed by atoms with Crippen LogP contribution in [-0.2, 0) is 4.74 Å². The molecule has 0 aliphatic carbocycles. The predicted molar refractivity (Wildman–Crippen MR) is 94.1 cm³/mol. The molecule has 1 aliphatic heterocycles. The Morgan fingerprint density at radius 2 is 2.00 bits per heavy atom. The zero-order valence-electron chi connectivity index (χ0n) is 12.7. The van der Waals surface area contributed by atoms with Crippen LogP contribution in [0.5, 0.6) is 0 Å². The number of aromatic nitrogens is 2. The van der Waals surface area contributed by atoms with Gasteiger partial charge in [-0.2, -0.15) is 0 Å². The molecule has 0 bridgehead atoms. The van der Waals surface area contributed by atoms with Gasteiger partial charge in [-0.3, -0.25) is 4.57 Å². The highest BCUT2D eigenvalue weighted by atomic mass is 35.5. The Kier molecular flexibility index (Phi) is 5.06. The zero-order valence-corrected chi connectivity index (χ0v) is 14.3. The average Bonchev–Trinajstić information content (AvgIpc) is 2.88. The highest BCUT2D eigenvalue weighted by Gasteiger charge is 2.20. The van der Waals surface area contributed by atoms with Crippen molar-refractivity contribution in [2.24, 2.45) is 0 Å². The SMILES string of the molecule is CCN1COC/C=C\C(n2cnc(Cl)c2Cl)=C/1c1ccccc1. The molecule has 0 amide bonds. The number of hydrogen-bond acceptors (Lipinski definition) is 3. The second-order valence-electron chi connectivity index (χ2n) is 5.05. The summed E-state index contributed by atoms with van der Waals surface area (Å²) in [5, 5.41) is 0.693. The van der Waals surface area contributed by atoms with Gasteiger partial charge in [-0.25, -0.2) is 4.98 Å². The maximum absolute atomic E-state index is 6.33. The van der Waals surface area contributed by atoms with E-state index < -0.39 is 0 Å². The molecular formula is C17H17Cl2N3O. The quantitative estimate of drug-likeness (QED) is 0.823. The Hall–Kier alpha value is -1.75. The van der Waals surface area contributed by atoms with E-state index in [0.717, 1.165) is 23.5 Å². The van der Waals surface area contributed by atoms with E-state index in [1.54, 1.807) is 10.9 Å². The lowest BCUT2D eigenvalue weighted by Gasteiger charge is -2.29. The largest absolute Gasteiger partial charge is 0.357 e. The minimum absolute atomic E-state index is 0.293. The number of nitrogens with zero attached hydrogens (tertiary/aromatic N) is 3. The second-order valence-corrected chi connectivity index (χ2v) is 5.77. The number of ether oxygens (including phenoxy) is 1. The van der Waals surface area contributed by atoms with Crippen molar-refractivity contribution in [2.75, 3.05) is 19.9 Å².